The van der Waals surface area contributed by atoms with Crippen LogP contribution in [0, 0.1) is 5.92 Å². The van der Waals surface area contributed by atoms with Crippen LogP contribution >= 0.6 is 0 Å². The molecule has 0 radical (unpaired) electrons. The third-order valence-corrected chi connectivity index (χ3v) is 8.52. The van der Waals surface area contributed by atoms with Crippen molar-refractivity contribution in [1.29, 1.82) is 0 Å². The van der Waals surface area contributed by atoms with E-state index in [1.807, 2.05) is 13.8 Å². The second-order valence-electron chi connectivity index (χ2n) is 9.97. The molecule has 4 rings (SSSR count). The molecule has 202 valence electrons. The number of hydrogen-bond acceptors (Lipinski definition) is 7. The quantitative estimate of drug-likeness (QED) is 0.448. The molecule has 11 heteroatoms. The average molecular weight is 541 g/mol. The molecule has 0 aliphatic carbocycles. The van der Waals surface area contributed by atoms with Crippen molar-refractivity contribution in [2.24, 2.45) is 5.92 Å². The molecule has 2 aromatic heterocycles. The van der Waals surface area contributed by atoms with Crippen molar-refractivity contribution in [1.82, 2.24) is 19.9 Å². The first-order chi connectivity index (χ1) is 18.1. The first-order valence-corrected chi connectivity index (χ1v) is 14.0. The highest BCUT2D eigenvalue weighted by Crippen LogP contribution is 2.24. The summed E-state index contributed by atoms with van der Waals surface area (Å²) in [6.45, 7) is 5.21. The first kappa shape index (κ1) is 27.5. The topological polar surface area (TPSA) is 139 Å². The third-order valence-electron chi connectivity index (χ3n) is 6.65. The van der Waals surface area contributed by atoms with Gasteiger partial charge in [-0.15, -0.1) is 0 Å². The maximum Gasteiger partial charge on any atom is 0.261 e. The van der Waals surface area contributed by atoms with Gasteiger partial charge in [0.15, 0.2) is 10.8 Å². The van der Waals surface area contributed by atoms with Crippen molar-refractivity contribution < 1.29 is 27.2 Å². The molecule has 1 aliphatic heterocycles. The van der Waals surface area contributed by atoms with Crippen LogP contribution in [0.5, 0.6) is 0 Å². The number of sulfonamides is 1. The Morgan fingerprint density at radius 1 is 1.13 bits per heavy atom. The largest absolute Gasteiger partial charge is 0.463 e. The van der Waals surface area contributed by atoms with E-state index in [0.29, 0.717) is 29.4 Å². The number of furan rings is 1. The van der Waals surface area contributed by atoms with Gasteiger partial charge in [0.05, 0.1) is 18.2 Å². The Bertz CT molecular complexity index is 1420. The number of aromatic nitrogens is 1. The van der Waals surface area contributed by atoms with Crippen molar-refractivity contribution in [2.45, 2.75) is 63.2 Å². The lowest BCUT2D eigenvalue weighted by Crippen LogP contribution is -2.52. The highest BCUT2D eigenvalue weighted by Gasteiger charge is 2.38. The summed E-state index contributed by atoms with van der Waals surface area (Å²) in [5.41, 5.74) is 0.878. The number of fused-ring (bicyclic) bond motifs is 1. The van der Waals surface area contributed by atoms with Gasteiger partial charge >= 0.3 is 0 Å². The van der Waals surface area contributed by atoms with E-state index in [0.717, 1.165) is 4.31 Å². The van der Waals surface area contributed by atoms with Crippen LogP contribution in [0.25, 0.3) is 11.0 Å². The molecule has 0 bridgehead atoms. The average Bonchev–Trinajstić information content (AvgIpc) is 3.27. The van der Waals surface area contributed by atoms with Gasteiger partial charge in [0.2, 0.25) is 5.91 Å². The molecule has 2 amide bonds. The van der Waals surface area contributed by atoms with Gasteiger partial charge in [-0.2, -0.15) is 4.31 Å². The fourth-order valence-electron chi connectivity index (χ4n) is 4.59. The number of amides is 2. The molecular formula is C27H32N4O6S. The minimum Gasteiger partial charge on any atom is -0.463 e. The number of nitrogens with one attached hydrogen (secondary N) is 2. The fraction of sp³-hybridized carbons (Fsp3) is 0.407. The Hall–Kier alpha value is -3.57. The van der Waals surface area contributed by atoms with E-state index in [4.69, 9.17) is 4.42 Å². The summed E-state index contributed by atoms with van der Waals surface area (Å²) < 4.78 is 32.9. The van der Waals surface area contributed by atoms with Crippen molar-refractivity contribution in [3.8, 4) is 0 Å². The minimum atomic E-state index is -3.99. The van der Waals surface area contributed by atoms with Crippen LogP contribution in [0.2, 0.25) is 0 Å². The van der Waals surface area contributed by atoms with Crippen molar-refractivity contribution >= 4 is 38.6 Å². The smallest absolute Gasteiger partial charge is 0.261 e. The molecule has 1 aromatic carbocycles. The molecule has 0 spiro atoms. The van der Waals surface area contributed by atoms with Crippen molar-refractivity contribution in [2.75, 3.05) is 6.54 Å². The van der Waals surface area contributed by atoms with Crippen LogP contribution in [0.4, 0.5) is 0 Å². The maximum atomic E-state index is 13.3. The van der Waals surface area contributed by atoms with Crippen LogP contribution < -0.4 is 10.6 Å². The summed E-state index contributed by atoms with van der Waals surface area (Å²) in [4.78, 5) is 43.5. The van der Waals surface area contributed by atoms with E-state index in [-0.39, 0.29) is 23.9 Å². The zero-order valence-corrected chi connectivity index (χ0v) is 22.4. The highest BCUT2D eigenvalue weighted by molar-refractivity contribution is 7.89. The Morgan fingerprint density at radius 3 is 2.58 bits per heavy atom. The Kier molecular flexibility index (Phi) is 8.27. The molecule has 1 fully saturated rings. The molecular weight excluding hydrogens is 508 g/mol. The predicted molar refractivity (Wildman–Crippen MR) is 141 cm³/mol. The van der Waals surface area contributed by atoms with Crippen LogP contribution in [-0.2, 0) is 19.6 Å². The van der Waals surface area contributed by atoms with Gasteiger partial charge in [0.1, 0.15) is 17.9 Å². The summed E-state index contributed by atoms with van der Waals surface area (Å²) in [6, 6.07) is 9.45. The van der Waals surface area contributed by atoms with Crippen LogP contribution in [-0.4, -0.2) is 60.0 Å². The standard InChI is InChI=1S/C27H32N4O6S/c1-17(2)14-22(30-26(33)20-16-37-24-9-5-4-8-19(20)24)27(34)29-21-12-11-18(3)31(15-23(21)32)38(35,36)25-10-6-7-13-28-25/h4-10,13,16-18,21-22H,11-12,14-15H2,1-3H3,(H,29,34)(H,30,33). The number of rotatable bonds is 8. The molecule has 0 saturated carbocycles. The second-order valence-corrected chi connectivity index (χ2v) is 11.8. The number of ketones is 1. The number of nitrogens with zero attached hydrogens (tertiary/aromatic N) is 2. The molecule has 1 saturated heterocycles. The zero-order valence-electron chi connectivity index (χ0n) is 21.6. The third kappa shape index (κ3) is 5.94. The van der Waals surface area contributed by atoms with Gasteiger partial charge in [-0.1, -0.05) is 38.1 Å². The van der Waals surface area contributed by atoms with E-state index >= 15 is 0 Å². The van der Waals surface area contributed by atoms with Gasteiger partial charge in [0.25, 0.3) is 15.9 Å². The molecule has 3 atom stereocenters. The molecule has 3 unspecified atom stereocenters. The van der Waals surface area contributed by atoms with E-state index in [1.165, 1.54) is 18.5 Å². The number of carbonyl (C=O) groups excluding carboxylic acids is 3. The van der Waals surface area contributed by atoms with Gasteiger partial charge in [-0.25, -0.2) is 13.4 Å². The molecule has 10 nitrogen and oxygen atoms in total. The highest BCUT2D eigenvalue weighted by atomic mass is 32.2. The molecule has 2 N–H and O–H groups in total. The van der Waals surface area contributed by atoms with E-state index in [2.05, 4.69) is 15.6 Å². The summed E-state index contributed by atoms with van der Waals surface area (Å²) in [5.74, 6) is -1.29. The molecule has 3 heterocycles. The number of hydrogen-bond donors (Lipinski definition) is 2. The summed E-state index contributed by atoms with van der Waals surface area (Å²) in [7, 11) is -3.99. The van der Waals surface area contributed by atoms with E-state index in [1.54, 1.807) is 43.3 Å². The second kappa shape index (κ2) is 11.4. The van der Waals surface area contributed by atoms with Gasteiger partial charge < -0.3 is 15.1 Å². The number of Topliss-reactive ketones (excluding diaryl/α,β-unsaturated/α-hetero) is 1. The first-order valence-electron chi connectivity index (χ1n) is 12.6. The van der Waals surface area contributed by atoms with E-state index in [9.17, 15) is 22.8 Å². The van der Waals surface area contributed by atoms with Gasteiger partial charge in [-0.05, 0) is 50.3 Å². The van der Waals surface area contributed by atoms with Crippen LogP contribution in [0.15, 0.2) is 64.4 Å². The van der Waals surface area contributed by atoms with Crippen molar-refractivity contribution in [3.05, 3.63) is 60.5 Å². The normalized spacial score (nSPS) is 19.7. The van der Waals surface area contributed by atoms with Crippen LogP contribution in [0.1, 0.15) is 50.4 Å². The summed E-state index contributed by atoms with van der Waals surface area (Å²) in [6.07, 6.45) is 3.73. The minimum absolute atomic E-state index is 0.0796. The lowest BCUT2D eigenvalue weighted by molar-refractivity contribution is -0.129. The Labute approximate surface area is 221 Å². The van der Waals surface area contributed by atoms with Crippen molar-refractivity contribution in [3.63, 3.8) is 0 Å². The Morgan fingerprint density at radius 2 is 1.87 bits per heavy atom. The number of para-hydroxylation sites is 1. The number of pyridine rings is 1. The zero-order chi connectivity index (χ0) is 27.4. The van der Waals surface area contributed by atoms with Gasteiger partial charge in [0, 0.05) is 17.6 Å². The summed E-state index contributed by atoms with van der Waals surface area (Å²) >= 11 is 0. The maximum absolute atomic E-state index is 13.3. The van der Waals surface area contributed by atoms with E-state index < -0.39 is 45.7 Å². The molecule has 38 heavy (non-hydrogen) atoms. The predicted octanol–water partition coefficient (Wildman–Crippen LogP) is 2.90. The summed E-state index contributed by atoms with van der Waals surface area (Å²) in [5, 5.41) is 6.06. The lowest BCUT2D eigenvalue weighted by Gasteiger charge is -2.25. The SMILES string of the molecule is CC(C)CC(NC(=O)c1coc2ccccc12)C(=O)NC1CCC(C)N(S(=O)(=O)c2ccccn2)CC1=O. The monoisotopic (exact) mass is 540 g/mol. The van der Waals surface area contributed by atoms with Crippen LogP contribution in [0.3, 0.4) is 0 Å². The molecule has 3 aromatic rings. The molecule has 1 aliphatic rings. The Balaban J connectivity index is 1.48. The fourth-order valence-corrected chi connectivity index (χ4v) is 6.15. The lowest BCUT2D eigenvalue weighted by atomic mass is 10.0. The number of benzene rings is 1. The number of carbonyl (C=O) groups is 3. The van der Waals surface area contributed by atoms with Gasteiger partial charge in [-0.3, -0.25) is 14.4 Å².